The van der Waals surface area contributed by atoms with Gasteiger partial charge in [0.25, 0.3) is 0 Å². The van der Waals surface area contributed by atoms with Crippen molar-refractivity contribution in [2.24, 2.45) is 0 Å². The fourth-order valence-electron chi connectivity index (χ4n) is 1.22. The van der Waals surface area contributed by atoms with Crippen molar-refractivity contribution in [3.63, 3.8) is 0 Å². The standard InChI is InChI=1S/C11H16N2O3S/c1-3-16-11(15)5-4-10(14)12-6-9-7-17-8(2)13-9/h7H,3-6H2,1-2H3,(H,12,14). The van der Waals surface area contributed by atoms with Gasteiger partial charge in [0, 0.05) is 11.8 Å². The van der Waals surface area contributed by atoms with Crippen LogP contribution in [0.5, 0.6) is 0 Å². The SMILES string of the molecule is CCOC(=O)CCC(=O)NCc1csc(C)n1. The quantitative estimate of drug-likeness (QED) is 0.781. The van der Waals surface area contributed by atoms with Crippen LogP contribution in [0.15, 0.2) is 5.38 Å². The van der Waals surface area contributed by atoms with Crippen molar-refractivity contribution >= 4 is 23.2 Å². The number of carbonyl (C=O) groups excluding carboxylic acids is 2. The van der Waals surface area contributed by atoms with Gasteiger partial charge in [0.2, 0.25) is 5.91 Å². The molecule has 0 aliphatic rings. The fourth-order valence-corrected chi connectivity index (χ4v) is 1.83. The van der Waals surface area contributed by atoms with Crippen molar-refractivity contribution in [2.75, 3.05) is 6.61 Å². The number of hydrogen-bond acceptors (Lipinski definition) is 5. The normalized spacial score (nSPS) is 10.0. The molecule has 0 atom stereocenters. The summed E-state index contributed by atoms with van der Waals surface area (Å²) in [6, 6.07) is 0. The molecule has 0 saturated heterocycles. The Morgan fingerprint density at radius 3 is 2.82 bits per heavy atom. The Kier molecular flexibility index (Phi) is 5.62. The van der Waals surface area contributed by atoms with E-state index in [-0.39, 0.29) is 24.7 Å². The topological polar surface area (TPSA) is 68.3 Å². The molecule has 0 bridgehead atoms. The monoisotopic (exact) mass is 256 g/mol. The molecule has 0 aromatic carbocycles. The highest BCUT2D eigenvalue weighted by molar-refractivity contribution is 7.09. The number of hydrogen-bond donors (Lipinski definition) is 1. The number of ether oxygens (including phenoxy) is 1. The predicted molar refractivity (Wildman–Crippen MR) is 64.6 cm³/mol. The third-order valence-corrected chi connectivity index (χ3v) is 2.82. The summed E-state index contributed by atoms with van der Waals surface area (Å²) >= 11 is 1.54. The van der Waals surface area contributed by atoms with Crippen molar-refractivity contribution in [3.05, 3.63) is 16.1 Å². The first kappa shape index (κ1) is 13.6. The predicted octanol–water partition coefficient (Wildman–Crippen LogP) is 1.41. The number of amides is 1. The third-order valence-electron chi connectivity index (χ3n) is 1.99. The summed E-state index contributed by atoms with van der Waals surface area (Å²) in [5, 5.41) is 5.58. The summed E-state index contributed by atoms with van der Waals surface area (Å²) < 4.78 is 4.73. The molecule has 0 unspecified atom stereocenters. The first-order valence-corrected chi connectivity index (χ1v) is 6.33. The summed E-state index contributed by atoms with van der Waals surface area (Å²) in [5.41, 5.74) is 0.844. The highest BCUT2D eigenvalue weighted by atomic mass is 32.1. The van der Waals surface area contributed by atoms with Gasteiger partial charge in [-0.2, -0.15) is 0 Å². The zero-order valence-electron chi connectivity index (χ0n) is 9.99. The molecule has 17 heavy (non-hydrogen) atoms. The van der Waals surface area contributed by atoms with Crippen molar-refractivity contribution in [3.8, 4) is 0 Å². The van der Waals surface area contributed by atoms with Crippen molar-refractivity contribution < 1.29 is 14.3 Å². The van der Waals surface area contributed by atoms with Crippen molar-refractivity contribution in [1.82, 2.24) is 10.3 Å². The van der Waals surface area contributed by atoms with E-state index in [0.717, 1.165) is 10.7 Å². The molecule has 1 aromatic heterocycles. The van der Waals surface area contributed by atoms with Gasteiger partial charge in [-0.3, -0.25) is 9.59 Å². The Labute approximate surface area is 104 Å². The summed E-state index contributed by atoms with van der Waals surface area (Å²) in [4.78, 5) is 26.6. The molecule has 1 heterocycles. The first-order valence-electron chi connectivity index (χ1n) is 5.45. The van der Waals surface area contributed by atoms with E-state index < -0.39 is 0 Å². The number of rotatable bonds is 6. The molecule has 6 heteroatoms. The number of carbonyl (C=O) groups is 2. The number of aromatic nitrogens is 1. The van der Waals surface area contributed by atoms with Crippen LogP contribution in [0.3, 0.4) is 0 Å². The van der Waals surface area contributed by atoms with E-state index in [1.807, 2.05) is 12.3 Å². The minimum atomic E-state index is -0.341. The molecule has 1 amide bonds. The molecule has 0 saturated carbocycles. The van der Waals surface area contributed by atoms with E-state index in [1.165, 1.54) is 0 Å². The van der Waals surface area contributed by atoms with Gasteiger partial charge in [-0.1, -0.05) is 0 Å². The average molecular weight is 256 g/mol. The molecule has 1 N–H and O–H groups in total. The van der Waals surface area contributed by atoms with Crippen LogP contribution in [0.4, 0.5) is 0 Å². The number of nitrogens with one attached hydrogen (secondary N) is 1. The second kappa shape index (κ2) is 7.01. The van der Waals surface area contributed by atoms with Gasteiger partial charge in [-0.25, -0.2) is 4.98 Å². The Hall–Kier alpha value is -1.43. The maximum absolute atomic E-state index is 11.4. The molecule has 1 rings (SSSR count). The number of thiazole rings is 1. The molecule has 0 aliphatic carbocycles. The summed E-state index contributed by atoms with van der Waals surface area (Å²) in [5.74, 6) is -0.504. The summed E-state index contributed by atoms with van der Waals surface area (Å²) in [7, 11) is 0. The van der Waals surface area contributed by atoms with Crippen LogP contribution in [0.25, 0.3) is 0 Å². The Morgan fingerprint density at radius 2 is 2.24 bits per heavy atom. The van der Waals surface area contributed by atoms with E-state index in [9.17, 15) is 9.59 Å². The van der Waals surface area contributed by atoms with Gasteiger partial charge < -0.3 is 10.1 Å². The van der Waals surface area contributed by atoms with Gasteiger partial charge in [-0.15, -0.1) is 11.3 Å². The van der Waals surface area contributed by atoms with Crippen LogP contribution in [0.2, 0.25) is 0 Å². The van der Waals surface area contributed by atoms with Crippen LogP contribution in [-0.2, 0) is 20.9 Å². The van der Waals surface area contributed by atoms with Gasteiger partial charge in [-0.05, 0) is 13.8 Å². The maximum atomic E-state index is 11.4. The number of aryl methyl sites for hydroxylation is 1. The van der Waals surface area contributed by atoms with Crippen molar-refractivity contribution in [1.29, 1.82) is 0 Å². The molecule has 5 nitrogen and oxygen atoms in total. The molecule has 1 aromatic rings. The van der Waals surface area contributed by atoms with E-state index >= 15 is 0 Å². The highest BCUT2D eigenvalue weighted by Gasteiger charge is 2.07. The Morgan fingerprint density at radius 1 is 1.47 bits per heavy atom. The second-order valence-electron chi connectivity index (χ2n) is 3.44. The Bertz CT molecular complexity index is 390. The van der Waals surface area contributed by atoms with Crippen LogP contribution < -0.4 is 5.32 Å². The minimum absolute atomic E-state index is 0.121. The summed E-state index contributed by atoms with van der Waals surface area (Å²) in [6.45, 7) is 4.41. The van der Waals surface area contributed by atoms with E-state index in [4.69, 9.17) is 4.74 Å². The van der Waals surface area contributed by atoms with Gasteiger partial charge in [0.05, 0.1) is 30.3 Å². The molecule has 0 spiro atoms. The van der Waals surface area contributed by atoms with Gasteiger partial charge in [0.15, 0.2) is 0 Å². The highest BCUT2D eigenvalue weighted by Crippen LogP contribution is 2.07. The van der Waals surface area contributed by atoms with Gasteiger partial charge >= 0.3 is 5.97 Å². The van der Waals surface area contributed by atoms with Crippen molar-refractivity contribution in [2.45, 2.75) is 33.2 Å². The van der Waals surface area contributed by atoms with E-state index in [1.54, 1.807) is 18.3 Å². The molecule has 0 fully saturated rings. The lowest BCUT2D eigenvalue weighted by Crippen LogP contribution is -2.23. The molecule has 0 aliphatic heterocycles. The second-order valence-corrected chi connectivity index (χ2v) is 4.50. The first-order chi connectivity index (χ1) is 8.11. The van der Waals surface area contributed by atoms with Crippen LogP contribution in [0.1, 0.15) is 30.5 Å². The third kappa shape index (κ3) is 5.44. The van der Waals surface area contributed by atoms with E-state index in [2.05, 4.69) is 10.3 Å². The maximum Gasteiger partial charge on any atom is 0.306 e. The molecule has 94 valence electrons. The largest absolute Gasteiger partial charge is 0.466 e. The fraction of sp³-hybridized carbons (Fsp3) is 0.545. The lowest BCUT2D eigenvalue weighted by molar-refractivity contribution is -0.144. The molecular weight excluding hydrogens is 240 g/mol. The zero-order chi connectivity index (χ0) is 12.7. The van der Waals surface area contributed by atoms with Crippen LogP contribution >= 0.6 is 11.3 Å². The smallest absolute Gasteiger partial charge is 0.306 e. The number of esters is 1. The zero-order valence-corrected chi connectivity index (χ0v) is 10.8. The molecular formula is C11H16N2O3S. The average Bonchev–Trinajstić information content (AvgIpc) is 2.70. The summed E-state index contributed by atoms with van der Waals surface area (Å²) in [6.07, 6.45) is 0.276. The van der Waals surface area contributed by atoms with E-state index in [0.29, 0.717) is 13.2 Å². The lowest BCUT2D eigenvalue weighted by atomic mass is 10.3. The lowest BCUT2D eigenvalue weighted by Gasteiger charge is -2.03. The van der Waals surface area contributed by atoms with Gasteiger partial charge in [0.1, 0.15) is 0 Å². The minimum Gasteiger partial charge on any atom is -0.466 e. The number of nitrogens with zero attached hydrogens (tertiary/aromatic N) is 1. The molecule has 0 radical (unpaired) electrons. The van der Waals surface area contributed by atoms with Crippen LogP contribution in [0, 0.1) is 6.92 Å². The Balaban J connectivity index is 2.19. The van der Waals surface area contributed by atoms with Crippen LogP contribution in [-0.4, -0.2) is 23.5 Å².